The Morgan fingerprint density at radius 3 is 1.92 bits per heavy atom. The van der Waals surface area contributed by atoms with E-state index in [4.69, 9.17) is 13.1 Å². The summed E-state index contributed by atoms with van der Waals surface area (Å²) in [5, 5.41) is 13.8. The van der Waals surface area contributed by atoms with E-state index in [1.54, 1.807) is 0 Å². The molecule has 0 fully saturated rings. The fourth-order valence-corrected chi connectivity index (χ4v) is 7.35. The molecule has 7 aromatic carbocycles. The Bertz CT molecular complexity index is 2960. The molecule has 2 heterocycles. The summed E-state index contributed by atoms with van der Waals surface area (Å²) in [5.74, 6) is 0. The number of hydrogen-bond acceptors (Lipinski definition) is 1. The van der Waals surface area contributed by atoms with Crippen LogP contribution in [0.25, 0.3) is 86.9 Å². The highest BCUT2D eigenvalue weighted by Crippen LogP contribution is 2.42. The van der Waals surface area contributed by atoms with Crippen LogP contribution in [0.1, 0.15) is 5.56 Å². The quantitative estimate of drug-likeness (QED) is 0.177. The highest BCUT2D eigenvalue weighted by molar-refractivity contribution is 6.12. The van der Waals surface area contributed by atoms with Gasteiger partial charge < -0.3 is 9.13 Å². The average Bonchev–Trinajstić information content (AvgIpc) is 3.69. The van der Waals surface area contributed by atoms with Crippen LogP contribution in [0, 0.1) is 24.5 Å². The lowest BCUT2D eigenvalue weighted by Crippen LogP contribution is -1.98. The SMILES string of the molecule is [C-]#[N+]c1ccc2c3ccccc3n(-c3c([N+]#[C-])cccc3-c3ccc(-c4cccc(-n5c6ccccc6c6cc(C#N)ccc65)c4)cc3)c2c1. The van der Waals surface area contributed by atoms with Crippen molar-refractivity contribution in [3.05, 3.63) is 180 Å². The van der Waals surface area contributed by atoms with Crippen LogP contribution >= 0.6 is 0 Å². The van der Waals surface area contributed by atoms with Crippen LogP contribution in [0.4, 0.5) is 11.4 Å². The van der Waals surface area contributed by atoms with Gasteiger partial charge in [0, 0.05) is 32.7 Å². The van der Waals surface area contributed by atoms with Crippen molar-refractivity contribution in [2.24, 2.45) is 0 Å². The van der Waals surface area contributed by atoms with Crippen molar-refractivity contribution >= 4 is 55.0 Å². The fourth-order valence-electron chi connectivity index (χ4n) is 7.35. The van der Waals surface area contributed by atoms with E-state index >= 15 is 0 Å². The van der Waals surface area contributed by atoms with Gasteiger partial charge in [-0.2, -0.15) is 5.26 Å². The largest absolute Gasteiger partial charge is 0.320 e. The Balaban J connectivity index is 1.18. The summed E-state index contributed by atoms with van der Waals surface area (Å²) >= 11 is 0. The Kier molecular flexibility index (Phi) is 6.56. The highest BCUT2D eigenvalue weighted by atomic mass is 15.0. The van der Waals surface area contributed by atoms with Gasteiger partial charge in [0.25, 0.3) is 0 Å². The van der Waals surface area contributed by atoms with Crippen LogP contribution in [0.5, 0.6) is 0 Å². The van der Waals surface area contributed by atoms with Crippen molar-refractivity contribution in [2.75, 3.05) is 0 Å². The summed E-state index contributed by atoms with van der Waals surface area (Å²) in [6.07, 6.45) is 0. The molecule has 0 amide bonds. The first-order valence-corrected chi connectivity index (χ1v) is 16.2. The second kappa shape index (κ2) is 11.4. The molecule has 0 radical (unpaired) electrons. The van der Waals surface area contributed by atoms with Crippen LogP contribution < -0.4 is 0 Å². The van der Waals surface area contributed by atoms with Crippen LogP contribution in [-0.4, -0.2) is 9.13 Å². The minimum absolute atomic E-state index is 0.545. The van der Waals surface area contributed by atoms with Gasteiger partial charge in [0.1, 0.15) is 0 Å². The summed E-state index contributed by atoms with van der Waals surface area (Å²) in [6.45, 7) is 15.8. The maximum Gasteiger partial charge on any atom is 0.211 e. The third kappa shape index (κ3) is 4.38. The topological polar surface area (TPSA) is 42.4 Å². The van der Waals surface area contributed by atoms with Gasteiger partial charge in [-0.05, 0) is 70.8 Å². The molecule has 50 heavy (non-hydrogen) atoms. The summed E-state index contributed by atoms with van der Waals surface area (Å²) in [7, 11) is 0. The molecule has 5 heteroatoms. The first-order chi connectivity index (χ1) is 24.7. The zero-order valence-electron chi connectivity index (χ0n) is 26.7. The summed E-state index contributed by atoms with van der Waals surface area (Å²) < 4.78 is 4.40. The molecule has 0 spiro atoms. The van der Waals surface area contributed by atoms with E-state index in [9.17, 15) is 5.26 Å². The van der Waals surface area contributed by atoms with E-state index < -0.39 is 0 Å². The van der Waals surface area contributed by atoms with Gasteiger partial charge in [-0.3, -0.25) is 0 Å². The van der Waals surface area contributed by atoms with Crippen molar-refractivity contribution < 1.29 is 0 Å². The smallest absolute Gasteiger partial charge is 0.211 e. The normalized spacial score (nSPS) is 11.1. The Morgan fingerprint density at radius 2 is 1.16 bits per heavy atom. The molecule has 9 rings (SSSR count). The maximum absolute atomic E-state index is 9.56. The fraction of sp³-hybridized carbons (Fsp3) is 0. The highest BCUT2D eigenvalue weighted by Gasteiger charge is 2.19. The summed E-state index contributed by atoms with van der Waals surface area (Å²) in [6, 6.07) is 53.4. The molecular weight excluding hydrogens is 611 g/mol. The lowest BCUT2D eigenvalue weighted by atomic mass is 9.98. The number of nitriles is 1. The number of rotatable bonds is 4. The van der Waals surface area contributed by atoms with Gasteiger partial charge in [-0.15, -0.1) is 0 Å². The van der Waals surface area contributed by atoms with E-state index in [0.717, 1.165) is 77.2 Å². The van der Waals surface area contributed by atoms with Gasteiger partial charge in [0.15, 0.2) is 5.69 Å². The van der Waals surface area contributed by atoms with Gasteiger partial charge in [-0.1, -0.05) is 103 Å². The Hall–Kier alpha value is -7.39. The third-order valence-electron chi connectivity index (χ3n) is 9.58. The van der Waals surface area contributed by atoms with Gasteiger partial charge >= 0.3 is 0 Å². The number of fused-ring (bicyclic) bond motifs is 6. The number of hydrogen-bond donors (Lipinski definition) is 0. The molecule has 2 aromatic heterocycles. The minimum Gasteiger partial charge on any atom is -0.320 e. The molecule has 0 N–H and O–H groups in total. The predicted molar refractivity (Wildman–Crippen MR) is 203 cm³/mol. The maximum atomic E-state index is 9.56. The monoisotopic (exact) mass is 635 g/mol. The van der Waals surface area contributed by atoms with E-state index in [0.29, 0.717) is 16.9 Å². The number of para-hydroxylation sites is 3. The van der Waals surface area contributed by atoms with Crippen LogP contribution in [0.3, 0.4) is 0 Å². The molecule has 9 aromatic rings. The van der Waals surface area contributed by atoms with Crippen LogP contribution in [-0.2, 0) is 0 Å². The van der Waals surface area contributed by atoms with Crippen LogP contribution in [0.15, 0.2) is 152 Å². The van der Waals surface area contributed by atoms with E-state index in [1.807, 2.05) is 72.8 Å². The molecule has 0 aliphatic rings. The van der Waals surface area contributed by atoms with Gasteiger partial charge in [0.05, 0.1) is 47.0 Å². The number of nitrogens with zero attached hydrogens (tertiary/aromatic N) is 5. The van der Waals surface area contributed by atoms with Crippen molar-refractivity contribution in [3.63, 3.8) is 0 Å². The minimum atomic E-state index is 0.545. The average molecular weight is 636 g/mol. The van der Waals surface area contributed by atoms with Crippen molar-refractivity contribution in [3.8, 4) is 39.7 Å². The third-order valence-corrected chi connectivity index (χ3v) is 9.58. The molecule has 0 aliphatic heterocycles. The molecule has 0 saturated heterocycles. The van der Waals surface area contributed by atoms with Gasteiger partial charge in [0.2, 0.25) is 5.69 Å². The first-order valence-electron chi connectivity index (χ1n) is 16.2. The molecule has 0 atom stereocenters. The molecular formula is C45H25N5. The lowest BCUT2D eigenvalue weighted by molar-refractivity contribution is 1.18. The van der Waals surface area contributed by atoms with Crippen LogP contribution in [0.2, 0.25) is 0 Å². The summed E-state index contributed by atoms with van der Waals surface area (Å²) in [5.41, 5.74) is 11.7. The first kappa shape index (κ1) is 28.8. The number of benzene rings is 7. The standard InChI is InChI=1S/C45H25N5/c1-47-33-22-23-38-36-11-3-6-16-42(36)50(44(38)27-33)45-35(13-8-14-40(45)48-2)31-20-18-30(19-21-31)32-9-7-10-34(26-32)49-41-15-5-4-12-37(41)39-25-29(28-46)17-24-43(39)49/h3-27H. The molecule has 0 unspecified atom stereocenters. The second-order valence-electron chi connectivity index (χ2n) is 12.3. The van der Waals surface area contributed by atoms with E-state index in [2.05, 4.69) is 104 Å². The Labute approximate surface area is 288 Å². The van der Waals surface area contributed by atoms with Crippen molar-refractivity contribution in [1.29, 1.82) is 5.26 Å². The van der Waals surface area contributed by atoms with Crippen molar-refractivity contribution in [2.45, 2.75) is 0 Å². The molecule has 0 saturated carbocycles. The summed E-state index contributed by atoms with van der Waals surface area (Å²) in [4.78, 5) is 7.68. The molecule has 5 nitrogen and oxygen atoms in total. The number of aromatic nitrogens is 2. The zero-order chi connectivity index (χ0) is 33.8. The zero-order valence-corrected chi connectivity index (χ0v) is 26.7. The van der Waals surface area contributed by atoms with E-state index in [-0.39, 0.29) is 0 Å². The molecule has 230 valence electrons. The van der Waals surface area contributed by atoms with E-state index in [1.165, 1.54) is 0 Å². The Morgan fingerprint density at radius 1 is 0.480 bits per heavy atom. The van der Waals surface area contributed by atoms with Crippen molar-refractivity contribution in [1.82, 2.24) is 9.13 Å². The molecule has 0 aliphatic carbocycles. The lowest BCUT2D eigenvalue weighted by Gasteiger charge is -2.17. The van der Waals surface area contributed by atoms with Gasteiger partial charge in [-0.25, -0.2) is 9.69 Å². The second-order valence-corrected chi connectivity index (χ2v) is 12.3. The predicted octanol–water partition coefficient (Wildman–Crippen LogP) is 12.2. The molecule has 0 bridgehead atoms.